The van der Waals surface area contributed by atoms with Crippen molar-refractivity contribution in [1.82, 2.24) is 14.9 Å². The van der Waals surface area contributed by atoms with Crippen LogP contribution in [0.2, 0.25) is 0 Å². The first-order valence-corrected chi connectivity index (χ1v) is 7.49. The molecule has 2 aliphatic heterocycles. The van der Waals surface area contributed by atoms with Gasteiger partial charge in [-0.2, -0.15) is 0 Å². The molecular formula is C15H22N4O. The van der Waals surface area contributed by atoms with E-state index in [0.717, 1.165) is 38.9 Å². The Balaban J connectivity index is 1.72. The van der Waals surface area contributed by atoms with E-state index in [1.165, 1.54) is 0 Å². The first kappa shape index (κ1) is 13.5. The molecule has 2 fully saturated rings. The molecule has 1 aromatic heterocycles. The molecule has 3 heterocycles. The van der Waals surface area contributed by atoms with Gasteiger partial charge in [-0.05, 0) is 38.8 Å². The largest absolute Gasteiger partial charge is 0.300 e. The summed E-state index contributed by atoms with van der Waals surface area (Å²) >= 11 is 0. The molecule has 0 aliphatic carbocycles. The Hall–Kier alpha value is -1.49. The summed E-state index contributed by atoms with van der Waals surface area (Å²) in [6.45, 7) is 7.23. The van der Waals surface area contributed by atoms with Crippen LogP contribution in [0.5, 0.6) is 0 Å². The Kier molecular flexibility index (Phi) is 3.46. The Labute approximate surface area is 120 Å². The van der Waals surface area contributed by atoms with Crippen LogP contribution in [0.4, 0.5) is 5.95 Å². The lowest BCUT2D eigenvalue weighted by Gasteiger charge is -2.53. The van der Waals surface area contributed by atoms with Gasteiger partial charge in [0.2, 0.25) is 11.9 Å². The lowest BCUT2D eigenvalue weighted by Crippen LogP contribution is -2.68. The molecule has 1 aromatic rings. The van der Waals surface area contributed by atoms with Gasteiger partial charge >= 0.3 is 0 Å². The van der Waals surface area contributed by atoms with Gasteiger partial charge in [-0.1, -0.05) is 6.92 Å². The van der Waals surface area contributed by atoms with Crippen molar-refractivity contribution in [1.29, 1.82) is 0 Å². The molecule has 0 bridgehead atoms. The topological polar surface area (TPSA) is 49.3 Å². The maximum absolute atomic E-state index is 12.6. The summed E-state index contributed by atoms with van der Waals surface area (Å²) in [7, 11) is 0. The maximum atomic E-state index is 12.6. The number of hydrogen-bond acceptors (Lipinski definition) is 4. The SMILES string of the molecule is CC[C@@H](C)N1CCC[C@]2(CN(c3ncccn3)C2=O)C1. The summed E-state index contributed by atoms with van der Waals surface area (Å²) in [6.07, 6.45) is 6.62. The van der Waals surface area contributed by atoms with Crippen molar-refractivity contribution in [2.24, 2.45) is 5.41 Å². The number of anilines is 1. The number of hydrogen-bond donors (Lipinski definition) is 0. The molecule has 0 radical (unpaired) electrons. The van der Waals surface area contributed by atoms with E-state index in [0.29, 0.717) is 12.0 Å². The van der Waals surface area contributed by atoms with Gasteiger partial charge in [0.15, 0.2) is 0 Å². The number of nitrogens with zero attached hydrogens (tertiary/aromatic N) is 4. The molecule has 0 saturated carbocycles. The minimum absolute atomic E-state index is 0.180. The van der Waals surface area contributed by atoms with Crippen LogP contribution in [0, 0.1) is 5.41 Å². The minimum atomic E-state index is -0.180. The molecule has 0 N–H and O–H groups in total. The van der Waals surface area contributed by atoms with Gasteiger partial charge in [-0.25, -0.2) is 9.97 Å². The molecule has 1 spiro atoms. The van der Waals surface area contributed by atoms with E-state index in [4.69, 9.17) is 0 Å². The Bertz CT molecular complexity index is 492. The van der Waals surface area contributed by atoms with Crippen molar-refractivity contribution >= 4 is 11.9 Å². The highest BCUT2D eigenvalue weighted by Crippen LogP contribution is 2.42. The standard InChI is InChI=1S/C15H22N4O/c1-3-12(2)18-9-4-6-15(10-18)11-19(13(15)20)14-16-7-5-8-17-14/h5,7-8,12H,3-4,6,9-11H2,1-2H3/t12-,15-/m1/s1. The van der Waals surface area contributed by atoms with Crippen molar-refractivity contribution in [2.75, 3.05) is 24.5 Å². The third kappa shape index (κ3) is 2.10. The fraction of sp³-hybridized carbons (Fsp3) is 0.667. The van der Waals surface area contributed by atoms with Crippen LogP contribution in [0.3, 0.4) is 0 Å². The molecule has 5 nitrogen and oxygen atoms in total. The van der Waals surface area contributed by atoms with E-state index >= 15 is 0 Å². The number of piperidine rings is 1. The maximum Gasteiger partial charge on any atom is 0.238 e. The molecule has 1 amide bonds. The summed E-state index contributed by atoms with van der Waals surface area (Å²) in [4.78, 5) is 25.2. The van der Waals surface area contributed by atoms with Gasteiger partial charge in [0.05, 0.1) is 5.41 Å². The van der Waals surface area contributed by atoms with Gasteiger partial charge in [0, 0.05) is 31.5 Å². The number of carbonyl (C=O) groups excluding carboxylic acids is 1. The summed E-state index contributed by atoms with van der Waals surface area (Å²) in [6, 6.07) is 2.33. The zero-order valence-corrected chi connectivity index (χ0v) is 12.2. The van der Waals surface area contributed by atoms with Crippen LogP contribution in [-0.2, 0) is 4.79 Å². The van der Waals surface area contributed by atoms with Gasteiger partial charge in [0.25, 0.3) is 0 Å². The molecular weight excluding hydrogens is 252 g/mol. The van der Waals surface area contributed by atoms with Crippen molar-refractivity contribution in [3.8, 4) is 0 Å². The van der Waals surface area contributed by atoms with Crippen LogP contribution < -0.4 is 4.90 Å². The lowest BCUT2D eigenvalue weighted by atomic mass is 9.72. The average Bonchev–Trinajstić information content (AvgIpc) is 2.52. The quantitative estimate of drug-likeness (QED) is 0.787. The normalized spacial score (nSPS) is 28.5. The van der Waals surface area contributed by atoms with E-state index in [1.54, 1.807) is 23.4 Å². The Morgan fingerprint density at radius 1 is 1.35 bits per heavy atom. The highest BCUT2D eigenvalue weighted by Gasteiger charge is 2.55. The number of likely N-dealkylation sites (tertiary alicyclic amines) is 1. The molecule has 0 unspecified atom stereocenters. The Morgan fingerprint density at radius 2 is 2.10 bits per heavy atom. The number of β-lactam (4-membered cyclic amide) rings is 1. The van der Waals surface area contributed by atoms with E-state index in [1.807, 2.05) is 0 Å². The van der Waals surface area contributed by atoms with Crippen LogP contribution in [0.15, 0.2) is 18.5 Å². The van der Waals surface area contributed by atoms with Crippen molar-refractivity contribution in [3.63, 3.8) is 0 Å². The molecule has 108 valence electrons. The van der Waals surface area contributed by atoms with Gasteiger partial charge in [0.1, 0.15) is 0 Å². The average molecular weight is 274 g/mol. The zero-order chi connectivity index (χ0) is 14.2. The zero-order valence-electron chi connectivity index (χ0n) is 12.2. The van der Waals surface area contributed by atoms with E-state index < -0.39 is 0 Å². The predicted molar refractivity (Wildman–Crippen MR) is 77.4 cm³/mol. The fourth-order valence-electron chi connectivity index (χ4n) is 3.33. The molecule has 2 saturated heterocycles. The fourth-order valence-corrected chi connectivity index (χ4v) is 3.33. The van der Waals surface area contributed by atoms with E-state index in [2.05, 4.69) is 28.7 Å². The molecule has 3 rings (SSSR count). The summed E-state index contributed by atoms with van der Waals surface area (Å²) in [5, 5.41) is 0. The van der Waals surface area contributed by atoms with Crippen molar-refractivity contribution in [2.45, 2.75) is 39.2 Å². The second-order valence-electron chi connectivity index (χ2n) is 6.05. The first-order valence-electron chi connectivity index (χ1n) is 7.49. The number of aromatic nitrogens is 2. The van der Waals surface area contributed by atoms with Gasteiger partial charge < -0.3 is 0 Å². The minimum Gasteiger partial charge on any atom is -0.300 e. The second kappa shape index (κ2) is 5.13. The highest BCUT2D eigenvalue weighted by molar-refractivity contribution is 6.03. The molecule has 20 heavy (non-hydrogen) atoms. The molecule has 0 aromatic carbocycles. The predicted octanol–water partition coefficient (Wildman–Crippen LogP) is 1.70. The molecule has 2 aliphatic rings. The van der Waals surface area contributed by atoms with E-state index in [-0.39, 0.29) is 11.3 Å². The van der Waals surface area contributed by atoms with Crippen molar-refractivity contribution in [3.05, 3.63) is 18.5 Å². The number of rotatable bonds is 3. The van der Waals surface area contributed by atoms with Gasteiger partial charge in [-0.3, -0.25) is 14.6 Å². The number of amides is 1. The van der Waals surface area contributed by atoms with E-state index in [9.17, 15) is 4.79 Å². The number of carbonyl (C=O) groups is 1. The highest BCUT2D eigenvalue weighted by atomic mass is 16.2. The second-order valence-corrected chi connectivity index (χ2v) is 6.05. The molecule has 2 atom stereocenters. The molecule has 5 heteroatoms. The van der Waals surface area contributed by atoms with Crippen molar-refractivity contribution < 1.29 is 4.79 Å². The van der Waals surface area contributed by atoms with Crippen LogP contribution in [-0.4, -0.2) is 46.5 Å². The summed E-state index contributed by atoms with van der Waals surface area (Å²) in [5.74, 6) is 0.750. The smallest absolute Gasteiger partial charge is 0.238 e. The summed E-state index contributed by atoms with van der Waals surface area (Å²) in [5.41, 5.74) is -0.180. The third-order valence-electron chi connectivity index (χ3n) is 4.77. The van der Waals surface area contributed by atoms with Crippen LogP contribution in [0.25, 0.3) is 0 Å². The van der Waals surface area contributed by atoms with Crippen LogP contribution in [0.1, 0.15) is 33.1 Å². The van der Waals surface area contributed by atoms with Gasteiger partial charge in [-0.15, -0.1) is 0 Å². The Morgan fingerprint density at radius 3 is 2.75 bits per heavy atom. The first-order chi connectivity index (χ1) is 9.66. The monoisotopic (exact) mass is 274 g/mol. The lowest BCUT2D eigenvalue weighted by molar-refractivity contribution is -0.140. The summed E-state index contributed by atoms with van der Waals surface area (Å²) < 4.78 is 0. The third-order valence-corrected chi connectivity index (χ3v) is 4.77. The van der Waals surface area contributed by atoms with Crippen LogP contribution >= 0.6 is 0 Å².